The Morgan fingerprint density at radius 1 is 1.21 bits per heavy atom. The van der Waals surface area contributed by atoms with Crippen molar-refractivity contribution in [3.05, 3.63) is 53.9 Å². The maximum absolute atomic E-state index is 4.45. The lowest BCUT2D eigenvalue weighted by molar-refractivity contribution is 0.774. The van der Waals surface area contributed by atoms with E-state index in [2.05, 4.69) is 33.6 Å². The maximum atomic E-state index is 4.45. The highest BCUT2D eigenvalue weighted by molar-refractivity contribution is 5.81. The van der Waals surface area contributed by atoms with E-state index in [4.69, 9.17) is 0 Å². The SMILES string of the molecule is Cc1nn(C)c2ncc(NCc3ccccc3)cc12. The molecule has 2 heterocycles. The third kappa shape index (κ3) is 2.29. The third-order valence-corrected chi connectivity index (χ3v) is 3.20. The molecule has 19 heavy (non-hydrogen) atoms. The van der Waals surface area contributed by atoms with Crippen molar-refractivity contribution in [3.8, 4) is 0 Å². The highest BCUT2D eigenvalue weighted by Gasteiger charge is 2.06. The van der Waals surface area contributed by atoms with Crippen molar-refractivity contribution in [2.24, 2.45) is 7.05 Å². The molecule has 0 bridgehead atoms. The molecule has 3 rings (SSSR count). The second-order valence-electron chi connectivity index (χ2n) is 4.64. The molecule has 3 aromatic rings. The summed E-state index contributed by atoms with van der Waals surface area (Å²) in [6.45, 7) is 2.80. The molecule has 0 atom stereocenters. The van der Waals surface area contributed by atoms with E-state index in [9.17, 15) is 0 Å². The number of nitrogens with zero attached hydrogens (tertiary/aromatic N) is 3. The van der Waals surface area contributed by atoms with Crippen LogP contribution in [0.5, 0.6) is 0 Å². The smallest absolute Gasteiger partial charge is 0.157 e. The molecule has 0 spiro atoms. The summed E-state index contributed by atoms with van der Waals surface area (Å²) in [6.07, 6.45) is 1.85. The number of aromatic nitrogens is 3. The van der Waals surface area contributed by atoms with E-state index in [1.54, 1.807) is 0 Å². The van der Waals surface area contributed by atoms with Gasteiger partial charge in [0.2, 0.25) is 0 Å². The van der Waals surface area contributed by atoms with Crippen LogP contribution in [-0.4, -0.2) is 14.8 Å². The normalized spacial score (nSPS) is 10.8. The Labute approximate surface area is 112 Å². The van der Waals surface area contributed by atoms with Crippen molar-refractivity contribution in [2.75, 3.05) is 5.32 Å². The van der Waals surface area contributed by atoms with Crippen LogP contribution in [0.15, 0.2) is 42.6 Å². The molecule has 0 radical (unpaired) electrons. The summed E-state index contributed by atoms with van der Waals surface area (Å²) in [7, 11) is 1.92. The van der Waals surface area contributed by atoms with Crippen LogP contribution in [0.25, 0.3) is 11.0 Å². The summed E-state index contributed by atoms with van der Waals surface area (Å²) < 4.78 is 1.81. The average molecular weight is 252 g/mol. The monoisotopic (exact) mass is 252 g/mol. The second-order valence-corrected chi connectivity index (χ2v) is 4.64. The molecule has 4 nitrogen and oxygen atoms in total. The average Bonchev–Trinajstić information content (AvgIpc) is 2.73. The largest absolute Gasteiger partial charge is 0.380 e. The van der Waals surface area contributed by atoms with Crippen LogP contribution in [0.3, 0.4) is 0 Å². The molecule has 0 saturated carbocycles. The number of aryl methyl sites for hydroxylation is 2. The van der Waals surface area contributed by atoms with Crippen molar-refractivity contribution < 1.29 is 0 Å². The topological polar surface area (TPSA) is 42.7 Å². The zero-order valence-electron chi connectivity index (χ0n) is 11.1. The van der Waals surface area contributed by atoms with Crippen LogP contribution in [0.1, 0.15) is 11.3 Å². The van der Waals surface area contributed by atoms with E-state index in [-0.39, 0.29) is 0 Å². The summed E-state index contributed by atoms with van der Waals surface area (Å²) in [6, 6.07) is 12.4. The lowest BCUT2D eigenvalue weighted by Crippen LogP contribution is -2.00. The fourth-order valence-electron chi connectivity index (χ4n) is 2.20. The number of fused-ring (bicyclic) bond motifs is 1. The standard InChI is InChI=1S/C15H16N4/c1-11-14-8-13(10-17-15(14)19(2)18-11)16-9-12-6-4-3-5-7-12/h3-8,10,16H,9H2,1-2H3. The first kappa shape index (κ1) is 11.7. The van der Waals surface area contributed by atoms with Crippen molar-refractivity contribution >= 4 is 16.7 Å². The Morgan fingerprint density at radius 3 is 2.79 bits per heavy atom. The van der Waals surface area contributed by atoms with Crippen LogP contribution >= 0.6 is 0 Å². The Kier molecular flexibility index (Phi) is 2.91. The fraction of sp³-hybridized carbons (Fsp3) is 0.200. The van der Waals surface area contributed by atoms with Gasteiger partial charge in [-0.2, -0.15) is 5.10 Å². The zero-order chi connectivity index (χ0) is 13.2. The Morgan fingerprint density at radius 2 is 2.00 bits per heavy atom. The zero-order valence-corrected chi connectivity index (χ0v) is 11.1. The van der Waals surface area contributed by atoms with E-state index in [0.717, 1.165) is 29.0 Å². The molecule has 4 heteroatoms. The van der Waals surface area contributed by atoms with Gasteiger partial charge in [-0.1, -0.05) is 30.3 Å². The van der Waals surface area contributed by atoms with Crippen LogP contribution in [0, 0.1) is 6.92 Å². The summed E-state index contributed by atoms with van der Waals surface area (Å²) in [4.78, 5) is 4.45. The van der Waals surface area contributed by atoms with Crippen LogP contribution < -0.4 is 5.32 Å². The van der Waals surface area contributed by atoms with Crippen LogP contribution in [0.2, 0.25) is 0 Å². The number of hydrogen-bond donors (Lipinski definition) is 1. The predicted octanol–water partition coefficient (Wildman–Crippen LogP) is 2.89. The minimum Gasteiger partial charge on any atom is -0.380 e. The number of benzene rings is 1. The lowest BCUT2D eigenvalue weighted by Gasteiger charge is -2.06. The summed E-state index contributed by atoms with van der Waals surface area (Å²) in [5.74, 6) is 0. The van der Waals surface area contributed by atoms with Gasteiger partial charge in [-0.15, -0.1) is 0 Å². The number of hydrogen-bond acceptors (Lipinski definition) is 3. The van der Waals surface area contributed by atoms with E-state index in [1.165, 1.54) is 5.56 Å². The minimum atomic E-state index is 0.799. The number of anilines is 1. The summed E-state index contributed by atoms with van der Waals surface area (Å²) >= 11 is 0. The van der Waals surface area contributed by atoms with Crippen molar-refractivity contribution in [2.45, 2.75) is 13.5 Å². The van der Waals surface area contributed by atoms with E-state index >= 15 is 0 Å². The van der Waals surface area contributed by atoms with Crippen molar-refractivity contribution in [1.82, 2.24) is 14.8 Å². The lowest BCUT2D eigenvalue weighted by atomic mass is 10.2. The molecule has 0 aliphatic rings. The molecule has 1 aromatic carbocycles. The van der Waals surface area contributed by atoms with Crippen LogP contribution in [0.4, 0.5) is 5.69 Å². The molecule has 0 fully saturated rings. The summed E-state index contributed by atoms with van der Waals surface area (Å²) in [5, 5.41) is 8.86. The minimum absolute atomic E-state index is 0.799. The van der Waals surface area contributed by atoms with Gasteiger partial charge in [-0.05, 0) is 18.6 Å². The highest BCUT2D eigenvalue weighted by atomic mass is 15.3. The molecule has 0 unspecified atom stereocenters. The first-order chi connectivity index (χ1) is 9.24. The molecule has 0 amide bonds. The molecule has 2 aromatic heterocycles. The first-order valence-electron chi connectivity index (χ1n) is 6.31. The van der Waals surface area contributed by atoms with Gasteiger partial charge in [0.1, 0.15) is 0 Å². The number of pyridine rings is 1. The molecule has 96 valence electrons. The molecule has 0 aliphatic carbocycles. The van der Waals surface area contributed by atoms with E-state index in [0.29, 0.717) is 0 Å². The molecular weight excluding hydrogens is 236 g/mol. The van der Waals surface area contributed by atoms with Gasteiger partial charge in [0.15, 0.2) is 5.65 Å². The molecular formula is C15H16N4. The maximum Gasteiger partial charge on any atom is 0.157 e. The Hall–Kier alpha value is -2.36. The highest BCUT2D eigenvalue weighted by Crippen LogP contribution is 2.19. The Bertz CT molecular complexity index is 701. The number of rotatable bonds is 3. The van der Waals surface area contributed by atoms with Gasteiger partial charge in [0.25, 0.3) is 0 Å². The third-order valence-electron chi connectivity index (χ3n) is 3.20. The van der Waals surface area contributed by atoms with Crippen molar-refractivity contribution in [3.63, 3.8) is 0 Å². The molecule has 1 N–H and O–H groups in total. The summed E-state index contributed by atoms with van der Waals surface area (Å²) in [5.41, 5.74) is 4.20. The van der Waals surface area contributed by atoms with E-state index in [1.807, 2.05) is 43.0 Å². The van der Waals surface area contributed by atoms with Gasteiger partial charge in [0, 0.05) is 19.0 Å². The number of nitrogens with one attached hydrogen (secondary N) is 1. The van der Waals surface area contributed by atoms with Gasteiger partial charge in [-0.3, -0.25) is 4.68 Å². The van der Waals surface area contributed by atoms with Gasteiger partial charge in [0.05, 0.1) is 17.6 Å². The van der Waals surface area contributed by atoms with E-state index < -0.39 is 0 Å². The second kappa shape index (κ2) is 4.72. The van der Waals surface area contributed by atoms with Crippen LogP contribution in [-0.2, 0) is 13.6 Å². The van der Waals surface area contributed by atoms with Gasteiger partial charge < -0.3 is 5.32 Å². The molecule has 0 saturated heterocycles. The van der Waals surface area contributed by atoms with Crippen molar-refractivity contribution in [1.29, 1.82) is 0 Å². The molecule has 0 aliphatic heterocycles. The predicted molar refractivity (Wildman–Crippen MR) is 77.0 cm³/mol. The Balaban J connectivity index is 1.84. The quantitative estimate of drug-likeness (QED) is 0.779. The van der Waals surface area contributed by atoms with Gasteiger partial charge in [-0.25, -0.2) is 4.98 Å². The van der Waals surface area contributed by atoms with Gasteiger partial charge >= 0.3 is 0 Å². The fourth-order valence-corrected chi connectivity index (χ4v) is 2.20. The first-order valence-corrected chi connectivity index (χ1v) is 6.31.